The summed E-state index contributed by atoms with van der Waals surface area (Å²) in [5.41, 5.74) is 0. The van der Waals surface area contributed by atoms with Crippen molar-refractivity contribution in [2.75, 3.05) is 32.7 Å². The number of nitrogens with zero attached hydrogens (tertiary/aromatic N) is 2. The van der Waals surface area contributed by atoms with Crippen LogP contribution in [0.15, 0.2) is 0 Å². The zero-order valence-electron chi connectivity index (χ0n) is 10.4. The molecule has 0 saturated carbocycles. The molecule has 4 heteroatoms. The van der Waals surface area contributed by atoms with Gasteiger partial charge in [-0.2, -0.15) is 0 Å². The van der Waals surface area contributed by atoms with Gasteiger partial charge in [0.25, 0.3) is 0 Å². The fraction of sp³-hybridized carbons (Fsp3) is 0.917. The van der Waals surface area contributed by atoms with Crippen LogP contribution in [0.25, 0.3) is 0 Å². The minimum absolute atomic E-state index is 0.0579. The molecule has 0 bridgehead atoms. The van der Waals surface area contributed by atoms with Crippen LogP contribution in [0.5, 0.6) is 0 Å². The third-order valence-corrected chi connectivity index (χ3v) is 3.99. The zero-order chi connectivity index (χ0) is 12.0. The van der Waals surface area contributed by atoms with Crippen LogP contribution in [0.3, 0.4) is 0 Å². The van der Waals surface area contributed by atoms with E-state index in [1.165, 1.54) is 6.42 Å². The van der Waals surface area contributed by atoms with Crippen LogP contribution in [0.4, 0.5) is 0 Å². The third kappa shape index (κ3) is 4.06. The Morgan fingerprint density at radius 2 is 2.19 bits per heavy atom. The number of carbonyl (C=O) groups is 1. The summed E-state index contributed by atoms with van der Waals surface area (Å²) in [6.07, 6.45) is 3.30. The molecule has 16 heavy (non-hydrogen) atoms. The van der Waals surface area contributed by atoms with E-state index in [9.17, 15) is 4.79 Å². The summed E-state index contributed by atoms with van der Waals surface area (Å²) in [7, 11) is 0. The van der Waals surface area contributed by atoms with Gasteiger partial charge in [-0.05, 0) is 32.4 Å². The van der Waals surface area contributed by atoms with E-state index in [4.69, 9.17) is 0 Å². The van der Waals surface area contributed by atoms with Gasteiger partial charge in [-0.3, -0.25) is 4.79 Å². The molecule has 1 aliphatic heterocycles. The average Bonchev–Trinajstić information content (AvgIpc) is 2.29. The van der Waals surface area contributed by atoms with Crippen LogP contribution < -0.4 is 0 Å². The molecule has 0 radical (unpaired) electrons. The van der Waals surface area contributed by atoms with Gasteiger partial charge in [0.1, 0.15) is 0 Å². The first-order chi connectivity index (χ1) is 7.69. The minimum atomic E-state index is 0.0579. The highest BCUT2D eigenvalue weighted by Gasteiger charge is 2.26. The number of rotatable bonds is 6. The third-order valence-electron chi connectivity index (χ3n) is 3.14. The number of halogens is 1. The molecular weight excluding hydrogens is 268 g/mol. The highest BCUT2D eigenvalue weighted by molar-refractivity contribution is 9.10. The van der Waals surface area contributed by atoms with Gasteiger partial charge in [0.2, 0.25) is 5.91 Å². The Balaban J connectivity index is 2.32. The lowest BCUT2D eigenvalue weighted by Gasteiger charge is -2.31. The summed E-state index contributed by atoms with van der Waals surface area (Å²) < 4.78 is 0. The van der Waals surface area contributed by atoms with Crippen molar-refractivity contribution in [2.24, 2.45) is 0 Å². The van der Waals surface area contributed by atoms with E-state index in [2.05, 4.69) is 34.7 Å². The first kappa shape index (κ1) is 14.0. The quantitative estimate of drug-likeness (QED) is 0.700. The predicted molar refractivity (Wildman–Crippen MR) is 70.9 cm³/mol. The highest BCUT2D eigenvalue weighted by Crippen LogP contribution is 2.18. The Kier molecular flexibility index (Phi) is 6.36. The number of hydrogen-bond donors (Lipinski definition) is 0. The topological polar surface area (TPSA) is 23.6 Å². The lowest BCUT2D eigenvalue weighted by atomic mass is 10.1. The first-order valence-electron chi connectivity index (χ1n) is 6.34. The summed E-state index contributed by atoms with van der Waals surface area (Å²) in [4.78, 5) is 16.3. The van der Waals surface area contributed by atoms with Crippen LogP contribution in [-0.4, -0.2) is 53.3 Å². The molecule has 1 aliphatic rings. The molecule has 0 aromatic rings. The van der Waals surface area contributed by atoms with Gasteiger partial charge < -0.3 is 9.80 Å². The van der Waals surface area contributed by atoms with Crippen LogP contribution in [-0.2, 0) is 4.79 Å². The number of likely N-dealkylation sites (tertiary alicyclic amines) is 1. The molecule has 1 atom stereocenters. The molecule has 1 saturated heterocycles. The fourth-order valence-electron chi connectivity index (χ4n) is 2.12. The Bertz CT molecular complexity index is 223. The van der Waals surface area contributed by atoms with Gasteiger partial charge in [0.05, 0.1) is 4.83 Å². The molecular formula is C12H23BrN2O. The molecule has 0 spiro atoms. The highest BCUT2D eigenvalue weighted by atomic mass is 79.9. The maximum absolute atomic E-state index is 11.8. The summed E-state index contributed by atoms with van der Waals surface area (Å²) in [5.74, 6) is 0.277. The van der Waals surface area contributed by atoms with Gasteiger partial charge in [0.15, 0.2) is 0 Å². The molecule has 0 aliphatic carbocycles. The summed E-state index contributed by atoms with van der Waals surface area (Å²) >= 11 is 3.44. The fourth-order valence-corrected chi connectivity index (χ4v) is 2.73. The molecule has 3 nitrogen and oxygen atoms in total. The van der Waals surface area contributed by atoms with Gasteiger partial charge >= 0.3 is 0 Å². The number of hydrogen-bond acceptors (Lipinski definition) is 2. The Labute approximate surface area is 107 Å². The monoisotopic (exact) mass is 290 g/mol. The van der Waals surface area contributed by atoms with Crippen LogP contribution in [0.2, 0.25) is 0 Å². The second kappa shape index (κ2) is 7.28. The maximum Gasteiger partial charge on any atom is 0.236 e. The van der Waals surface area contributed by atoms with Crippen LogP contribution in [0.1, 0.15) is 33.1 Å². The van der Waals surface area contributed by atoms with Gasteiger partial charge in [-0.1, -0.05) is 29.8 Å². The second-order valence-corrected chi connectivity index (χ2v) is 5.47. The zero-order valence-corrected chi connectivity index (χ0v) is 12.0. The summed E-state index contributed by atoms with van der Waals surface area (Å²) in [6, 6.07) is 0. The lowest BCUT2D eigenvalue weighted by molar-refractivity contribution is -0.132. The molecule has 1 rings (SSSR count). The Morgan fingerprint density at radius 1 is 1.44 bits per heavy atom. The molecule has 1 fully saturated rings. The molecule has 94 valence electrons. The van der Waals surface area contributed by atoms with E-state index in [0.29, 0.717) is 0 Å². The predicted octanol–water partition coefficient (Wildman–Crippen LogP) is 2.10. The maximum atomic E-state index is 11.8. The first-order valence-corrected chi connectivity index (χ1v) is 7.25. The van der Waals surface area contributed by atoms with Crippen molar-refractivity contribution < 1.29 is 4.79 Å². The normalized spacial score (nSPS) is 21.9. The SMILES string of the molecule is CCCN(CC)CCN1CCCC(Br)C1=O. The van der Waals surface area contributed by atoms with E-state index in [1.807, 2.05) is 4.90 Å². The van der Waals surface area contributed by atoms with Crippen molar-refractivity contribution in [3.63, 3.8) is 0 Å². The number of carbonyl (C=O) groups excluding carboxylic acids is 1. The number of amides is 1. The molecule has 1 heterocycles. The number of likely N-dealkylation sites (N-methyl/N-ethyl adjacent to an activating group) is 1. The second-order valence-electron chi connectivity index (χ2n) is 4.37. The summed E-state index contributed by atoms with van der Waals surface area (Å²) in [5, 5.41) is 0. The van der Waals surface area contributed by atoms with Crippen LogP contribution in [0, 0.1) is 0 Å². The van der Waals surface area contributed by atoms with E-state index in [0.717, 1.165) is 45.6 Å². The van der Waals surface area contributed by atoms with Crippen molar-refractivity contribution in [3.05, 3.63) is 0 Å². The molecule has 1 unspecified atom stereocenters. The number of piperidine rings is 1. The lowest BCUT2D eigenvalue weighted by Crippen LogP contribution is -2.45. The molecule has 1 amide bonds. The minimum Gasteiger partial charge on any atom is -0.340 e. The summed E-state index contributed by atoms with van der Waals surface area (Å²) in [6.45, 7) is 9.42. The van der Waals surface area contributed by atoms with Crippen molar-refractivity contribution in [1.82, 2.24) is 9.80 Å². The smallest absolute Gasteiger partial charge is 0.236 e. The Hall–Kier alpha value is -0.0900. The molecule has 0 N–H and O–H groups in total. The van der Waals surface area contributed by atoms with Crippen molar-refractivity contribution in [1.29, 1.82) is 0 Å². The van der Waals surface area contributed by atoms with E-state index in [1.54, 1.807) is 0 Å². The van der Waals surface area contributed by atoms with E-state index >= 15 is 0 Å². The Morgan fingerprint density at radius 3 is 2.81 bits per heavy atom. The van der Waals surface area contributed by atoms with Crippen molar-refractivity contribution in [3.8, 4) is 0 Å². The van der Waals surface area contributed by atoms with Crippen molar-refractivity contribution >= 4 is 21.8 Å². The van der Waals surface area contributed by atoms with Crippen LogP contribution >= 0.6 is 15.9 Å². The van der Waals surface area contributed by atoms with Gasteiger partial charge in [-0.25, -0.2) is 0 Å². The van der Waals surface area contributed by atoms with E-state index < -0.39 is 0 Å². The molecule has 0 aromatic heterocycles. The standard InChI is InChI=1S/C12H23BrN2O/c1-3-7-14(4-2)9-10-15-8-5-6-11(13)12(15)16/h11H,3-10H2,1-2H3. The average molecular weight is 291 g/mol. The van der Waals surface area contributed by atoms with Gasteiger partial charge in [-0.15, -0.1) is 0 Å². The van der Waals surface area contributed by atoms with Gasteiger partial charge in [0, 0.05) is 19.6 Å². The number of alkyl halides is 1. The molecule has 0 aromatic carbocycles. The van der Waals surface area contributed by atoms with Crippen molar-refractivity contribution in [2.45, 2.75) is 37.9 Å². The van der Waals surface area contributed by atoms with E-state index in [-0.39, 0.29) is 10.7 Å². The largest absolute Gasteiger partial charge is 0.340 e.